The smallest absolute Gasteiger partial charge is 0.112 e. The second-order valence-electron chi connectivity index (χ2n) is 3.24. The predicted molar refractivity (Wildman–Crippen MR) is 59.3 cm³/mol. The molecule has 0 fully saturated rings. The van der Waals surface area contributed by atoms with E-state index in [0.717, 1.165) is 16.5 Å². The van der Waals surface area contributed by atoms with Gasteiger partial charge < -0.3 is 16.5 Å². The van der Waals surface area contributed by atoms with Crippen molar-refractivity contribution in [2.24, 2.45) is 11.5 Å². The van der Waals surface area contributed by atoms with Crippen molar-refractivity contribution in [3.05, 3.63) is 35.0 Å². The first-order valence-electron chi connectivity index (χ1n) is 4.45. The molecule has 74 valence electrons. The summed E-state index contributed by atoms with van der Waals surface area (Å²) in [6.07, 6.45) is 0. The fourth-order valence-electron chi connectivity index (χ4n) is 1.61. The van der Waals surface area contributed by atoms with Crippen molar-refractivity contribution < 1.29 is 0 Å². The zero-order valence-electron chi connectivity index (χ0n) is 7.63. The molecule has 1 heterocycles. The van der Waals surface area contributed by atoms with Crippen LogP contribution >= 0.6 is 11.6 Å². The van der Waals surface area contributed by atoms with Gasteiger partial charge in [-0.25, -0.2) is 0 Å². The molecule has 1 atom stereocenters. The normalized spacial score (nSPS) is 13.4. The number of hydrogen-bond acceptors (Lipinski definition) is 2. The van der Waals surface area contributed by atoms with Gasteiger partial charge in [-0.05, 0) is 6.07 Å². The SMILES string of the molecule is NCC(N)c1c(Cl)[nH]c2ccccc12. The number of aromatic nitrogens is 1. The van der Waals surface area contributed by atoms with E-state index in [1.807, 2.05) is 24.3 Å². The molecular weight excluding hydrogens is 198 g/mol. The van der Waals surface area contributed by atoms with Gasteiger partial charge in [-0.2, -0.15) is 0 Å². The minimum atomic E-state index is -0.210. The summed E-state index contributed by atoms with van der Waals surface area (Å²) in [5.41, 5.74) is 13.3. The molecule has 1 aromatic carbocycles. The van der Waals surface area contributed by atoms with Crippen molar-refractivity contribution in [2.45, 2.75) is 6.04 Å². The molecule has 5 N–H and O–H groups in total. The Kier molecular flexibility index (Phi) is 2.46. The van der Waals surface area contributed by atoms with Crippen LogP contribution in [0.15, 0.2) is 24.3 Å². The van der Waals surface area contributed by atoms with Crippen molar-refractivity contribution >= 4 is 22.5 Å². The standard InChI is InChI=1S/C10H12ClN3/c11-10-9(7(13)5-12)6-3-1-2-4-8(6)14-10/h1-4,7,14H,5,12-13H2. The van der Waals surface area contributed by atoms with Crippen LogP contribution in [-0.4, -0.2) is 11.5 Å². The number of rotatable bonds is 2. The summed E-state index contributed by atoms with van der Waals surface area (Å²) >= 11 is 6.05. The summed E-state index contributed by atoms with van der Waals surface area (Å²) < 4.78 is 0. The average Bonchev–Trinajstić information content (AvgIpc) is 2.53. The quantitative estimate of drug-likeness (QED) is 0.706. The van der Waals surface area contributed by atoms with Crippen molar-refractivity contribution in [3.63, 3.8) is 0 Å². The van der Waals surface area contributed by atoms with E-state index in [9.17, 15) is 0 Å². The molecule has 0 saturated heterocycles. The number of H-pyrrole nitrogens is 1. The van der Waals surface area contributed by atoms with Crippen molar-refractivity contribution in [2.75, 3.05) is 6.54 Å². The van der Waals surface area contributed by atoms with Crippen molar-refractivity contribution in [3.8, 4) is 0 Å². The molecule has 0 aliphatic heterocycles. The first-order chi connectivity index (χ1) is 6.74. The zero-order valence-corrected chi connectivity index (χ0v) is 8.38. The molecule has 0 spiro atoms. The molecular formula is C10H12ClN3. The van der Waals surface area contributed by atoms with Gasteiger partial charge in [0.25, 0.3) is 0 Å². The van der Waals surface area contributed by atoms with E-state index < -0.39 is 0 Å². The number of halogens is 1. The largest absolute Gasteiger partial charge is 0.345 e. The molecule has 2 rings (SSSR count). The zero-order chi connectivity index (χ0) is 10.1. The summed E-state index contributed by atoms with van der Waals surface area (Å²) in [7, 11) is 0. The predicted octanol–water partition coefficient (Wildman–Crippen LogP) is 1.78. The minimum Gasteiger partial charge on any atom is -0.345 e. The lowest BCUT2D eigenvalue weighted by Crippen LogP contribution is -2.20. The first kappa shape index (κ1) is 9.52. The van der Waals surface area contributed by atoms with Crippen LogP contribution in [0, 0.1) is 0 Å². The van der Waals surface area contributed by atoms with E-state index in [1.54, 1.807) is 0 Å². The maximum Gasteiger partial charge on any atom is 0.112 e. The van der Waals surface area contributed by atoms with Crippen LogP contribution in [0.3, 0.4) is 0 Å². The lowest BCUT2D eigenvalue weighted by Gasteiger charge is -2.07. The molecule has 14 heavy (non-hydrogen) atoms. The topological polar surface area (TPSA) is 67.8 Å². The number of para-hydroxylation sites is 1. The Bertz CT molecular complexity index is 450. The van der Waals surface area contributed by atoms with Crippen LogP contribution in [0.4, 0.5) is 0 Å². The highest BCUT2D eigenvalue weighted by atomic mass is 35.5. The van der Waals surface area contributed by atoms with E-state index in [1.165, 1.54) is 0 Å². The van der Waals surface area contributed by atoms with Gasteiger partial charge >= 0.3 is 0 Å². The lowest BCUT2D eigenvalue weighted by molar-refractivity contribution is 0.743. The Hall–Kier alpha value is -1.03. The molecule has 3 nitrogen and oxygen atoms in total. The average molecular weight is 210 g/mol. The summed E-state index contributed by atoms with van der Waals surface area (Å²) in [5, 5.41) is 1.64. The Morgan fingerprint density at radius 3 is 2.79 bits per heavy atom. The molecule has 0 aliphatic rings. The summed E-state index contributed by atoms with van der Waals surface area (Å²) in [5.74, 6) is 0. The molecule has 0 amide bonds. The van der Waals surface area contributed by atoms with E-state index >= 15 is 0 Å². The van der Waals surface area contributed by atoms with E-state index in [2.05, 4.69) is 4.98 Å². The van der Waals surface area contributed by atoms with Crippen molar-refractivity contribution in [1.82, 2.24) is 4.98 Å². The summed E-state index contributed by atoms with van der Waals surface area (Å²) in [4.78, 5) is 3.07. The number of hydrogen-bond donors (Lipinski definition) is 3. The minimum absolute atomic E-state index is 0.210. The summed E-state index contributed by atoms with van der Waals surface area (Å²) in [6.45, 7) is 0.390. The Morgan fingerprint density at radius 1 is 1.36 bits per heavy atom. The third kappa shape index (κ3) is 1.39. The van der Waals surface area contributed by atoms with Gasteiger partial charge in [-0.1, -0.05) is 29.8 Å². The van der Waals surface area contributed by atoms with Gasteiger partial charge in [0, 0.05) is 29.1 Å². The number of aromatic amines is 1. The third-order valence-electron chi connectivity index (χ3n) is 2.32. The highest BCUT2D eigenvalue weighted by molar-refractivity contribution is 6.31. The second-order valence-corrected chi connectivity index (χ2v) is 3.62. The molecule has 1 aromatic heterocycles. The van der Waals surface area contributed by atoms with Crippen LogP contribution in [0.5, 0.6) is 0 Å². The number of nitrogens with one attached hydrogen (secondary N) is 1. The maximum absolute atomic E-state index is 6.05. The van der Waals surface area contributed by atoms with Gasteiger partial charge in [0.1, 0.15) is 5.15 Å². The number of nitrogens with two attached hydrogens (primary N) is 2. The lowest BCUT2D eigenvalue weighted by atomic mass is 10.1. The molecule has 0 saturated carbocycles. The number of fused-ring (bicyclic) bond motifs is 1. The Labute approximate surface area is 87.0 Å². The van der Waals surface area contributed by atoms with Gasteiger partial charge in [0.2, 0.25) is 0 Å². The fraction of sp³-hybridized carbons (Fsp3) is 0.200. The monoisotopic (exact) mass is 209 g/mol. The van der Waals surface area contributed by atoms with Crippen LogP contribution < -0.4 is 11.5 Å². The van der Waals surface area contributed by atoms with Gasteiger partial charge in [-0.15, -0.1) is 0 Å². The first-order valence-corrected chi connectivity index (χ1v) is 4.83. The number of benzene rings is 1. The highest BCUT2D eigenvalue weighted by Crippen LogP contribution is 2.29. The van der Waals surface area contributed by atoms with Gasteiger partial charge in [0.05, 0.1) is 0 Å². The van der Waals surface area contributed by atoms with E-state index in [-0.39, 0.29) is 6.04 Å². The third-order valence-corrected chi connectivity index (χ3v) is 2.62. The fourth-order valence-corrected chi connectivity index (χ4v) is 1.95. The van der Waals surface area contributed by atoms with E-state index in [0.29, 0.717) is 11.7 Å². The molecule has 1 unspecified atom stereocenters. The molecule has 4 heteroatoms. The molecule has 2 aromatic rings. The van der Waals surface area contributed by atoms with Crippen LogP contribution in [-0.2, 0) is 0 Å². The highest BCUT2D eigenvalue weighted by Gasteiger charge is 2.14. The van der Waals surface area contributed by atoms with Crippen LogP contribution in [0.25, 0.3) is 10.9 Å². The van der Waals surface area contributed by atoms with Crippen molar-refractivity contribution in [1.29, 1.82) is 0 Å². The van der Waals surface area contributed by atoms with Crippen LogP contribution in [0.1, 0.15) is 11.6 Å². The molecule has 0 bridgehead atoms. The second kappa shape index (κ2) is 3.61. The molecule has 0 aliphatic carbocycles. The Balaban J connectivity index is 2.67. The summed E-state index contributed by atoms with van der Waals surface area (Å²) in [6, 6.07) is 7.65. The van der Waals surface area contributed by atoms with Gasteiger partial charge in [0.15, 0.2) is 0 Å². The van der Waals surface area contributed by atoms with E-state index in [4.69, 9.17) is 23.1 Å². The van der Waals surface area contributed by atoms with Crippen LogP contribution in [0.2, 0.25) is 5.15 Å². The molecule has 0 radical (unpaired) electrons. The van der Waals surface area contributed by atoms with Gasteiger partial charge in [-0.3, -0.25) is 0 Å². The maximum atomic E-state index is 6.05. The Morgan fingerprint density at radius 2 is 2.07 bits per heavy atom.